The zero-order valence-electron chi connectivity index (χ0n) is 15.5. The summed E-state index contributed by atoms with van der Waals surface area (Å²) in [7, 11) is 0.0607. The predicted molar refractivity (Wildman–Crippen MR) is 106 cm³/mol. The first-order chi connectivity index (χ1) is 11.8. The SMILES string of the molecule is COc1ccc(N(C(C)=O)C(C#C[Si](C)(C)C)c2ccccc2)cc1. The standard InChI is InChI=1S/C21H25NO2Si/c1-17(23)22(19-11-13-20(24-2)14-12-19)21(15-16-25(3,4)5)18-9-7-6-8-10-18/h6-14,21H,1-5H3. The summed E-state index contributed by atoms with van der Waals surface area (Å²) < 4.78 is 5.22. The zero-order valence-corrected chi connectivity index (χ0v) is 16.5. The van der Waals surface area contributed by atoms with E-state index in [-0.39, 0.29) is 11.9 Å². The molecule has 130 valence electrons. The molecule has 4 heteroatoms. The molecule has 0 fully saturated rings. The van der Waals surface area contributed by atoms with Gasteiger partial charge in [-0.3, -0.25) is 9.69 Å². The zero-order chi connectivity index (χ0) is 18.4. The first-order valence-electron chi connectivity index (χ1n) is 8.33. The maximum absolute atomic E-state index is 12.5. The molecule has 25 heavy (non-hydrogen) atoms. The number of hydrogen-bond donors (Lipinski definition) is 0. The van der Waals surface area contributed by atoms with Crippen molar-refractivity contribution in [3.05, 3.63) is 60.2 Å². The van der Waals surface area contributed by atoms with Gasteiger partial charge in [-0.2, -0.15) is 0 Å². The van der Waals surface area contributed by atoms with Crippen molar-refractivity contribution in [2.75, 3.05) is 12.0 Å². The quantitative estimate of drug-likeness (QED) is 0.592. The Morgan fingerprint density at radius 3 is 2.12 bits per heavy atom. The molecule has 2 aromatic carbocycles. The fourth-order valence-electron chi connectivity index (χ4n) is 2.47. The summed E-state index contributed by atoms with van der Waals surface area (Å²) in [6.45, 7) is 8.19. The van der Waals surface area contributed by atoms with E-state index in [4.69, 9.17) is 4.74 Å². The summed E-state index contributed by atoms with van der Waals surface area (Å²) in [5, 5.41) is 0. The van der Waals surface area contributed by atoms with Crippen LogP contribution in [-0.4, -0.2) is 21.1 Å². The van der Waals surface area contributed by atoms with Crippen molar-refractivity contribution in [2.45, 2.75) is 32.6 Å². The van der Waals surface area contributed by atoms with Crippen LogP contribution in [0.1, 0.15) is 18.5 Å². The van der Waals surface area contributed by atoms with E-state index in [0.717, 1.165) is 17.0 Å². The summed E-state index contributed by atoms with van der Waals surface area (Å²) in [4.78, 5) is 14.2. The smallest absolute Gasteiger partial charge is 0.225 e. The maximum atomic E-state index is 12.5. The average Bonchev–Trinajstić information content (AvgIpc) is 2.58. The van der Waals surface area contributed by atoms with Gasteiger partial charge in [-0.05, 0) is 29.8 Å². The van der Waals surface area contributed by atoms with Crippen molar-refractivity contribution >= 4 is 19.7 Å². The van der Waals surface area contributed by atoms with Crippen molar-refractivity contribution in [1.29, 1.82) is 0 Å². The third-order valence-electron chi connectivity index (χ3n) is 3.65. The van der Waals surface area contributed by atoms with E-state index >= 15 is 0 Å². The van der Waals surface area contributed by atoms with Gasteiger partial charge in [-0.1, -0.05) is 55.9 Å². The Labute approximate surface area is 151 Å². The highest BCUT2D eigenvalue weighted by molar-refractivity contribution is 6.83. The Kier molecular flexibility index (Phi) is 6.05. The molecular formula is C21H25NO2Si. The average molecular weight is 352 g/mol. The minimum absolute atomic E-state index is 0.0381. The van der Waals surface area contributed by atoms with Crippen molar-refractivity contribution in [1.82, 2.24) is 0 Å². The first-order valence-corrected chi connectivity index (χ1v) is 11.8. The number of amides is 1. The molecule has 0 aromatic heterocycles. The topological polar surface area (TPSA) is 29.5 Å². The molecule has 0 radical (unpaired) electrons. The van der Waals surface area contributed by atoms with Crippen LogP contribution in [-0.2, 0) is 4.79 Å². The van der Waals surface area contributed by atoms with Crippen LogP contribution >= 0.6 is 0 Å². The van der Waals surface area contributed by atoms with Crippen LogP contribution in [0.15, 0.2) is 54.6 Å². The van der Waals surface area contributed by atoms with E-state index in [1.807, 2.05) is 54.6 Å². The van der Waals surface area contributed by atoms with Crippen molar-refractivity contribution < 1.29 is 9.53 Å². The van der Waals surface area contributed by atoms with Gasteiger partial charge in [0.15, 0.2) is 0 Å². The molecule has 0 saturated carbocycles. The molecule has 2 aromatic rings. The van der Waals surface area contributed by atoms with Gasteiger partial charge in [0.2, 0.25) is 5.91 Å². The largest absolute Gasteiger partial charge is 0.497 e. The second kappa shape index (κ2) is 8.04. The monoisotopic (exact) mass is 351 g/mol. The molecular weight excluding hydrogens is 326 g/mol. The Balaban J connectivity index is 2.53. The molecule has 0 heterocycles. The molecule has 0 aliphatic rings. The van der Waals surface area contributed by atoms with Crippen LogP contribution < -0.4 is 9.64 Å². The Bertz CT molecular complexity index is 768. The minimum atomic E-state index is -1.57. The van der Waals surface area contributed by atoms with Crippen LogP contribution in [0.2, 0.25) is 19.6 Å². The second-order valence-corrected chi connectivity index (χ2v) is 11.7. The van der Waals surface area contributed by atoms with Crippen LogP contribution in [0.25, 0.3) is 0 Å². The number of carbonyl (C=O) groups is 1. The summed E-state index contributed by atoms with van der Waals surface area (Å²) >= 11 is 0. The summed E-state index contributed by atoms with van der Waals surface area (Å²) in [6.07, 6.45) is 0. The van der Waals surface area contributed by atoms with Crippen LogP contribution in [0.3, 0.4) is 0 Å². The van der Waals surface area contributed by atoms with Gasteiger partial charge in [0.25, 0.3) is 0 Å². The van der Waals surface area contributed by atoms with E-state index in [2.05, 4.69) is 31.1 Å². The lowest BCUT2D eigenvalue weighted by Crippen LogP contribution is -2.33. The van der Waals surface area contributed by atoms with Gasteiger partial charge in [0.05, 0.1) is 7.11 Å². The minimum Gasteiger partial charge on any atom is -0.497 e. The molecule has 0 aliphatic carbocycles. The molecule has 3 nitrogen and oxygen atoms in total. The fraction of sp³-hybridized carbons (Fsp3) is 0.286. The number of rotatable bonds is 4. The summed E-state index contributed by atoms with van der Waals surface area (Å²) in [5.41, 5.74) is 5.24. The predicted octanol–water partition coefficient (Wildman–Crippen LogP) is 4.67. The van der Waals surface area contributed by atoms with Crippen LogP contribution in [0.4, 0.5) is 5.69 Å². The van der Waals surface area contributed by atoms with Gasteiger partial charge in [0, 0.05) is 12.6 Å². The maximum Gasteiger partial charge on any atom is 0.225 e. The Hall–Kier alpha value is -2.51. The highest BCUT2D eigenvalue weighted by atomic mass is 28.3. The number of ether oxygens (including phenoxy) is 1. The molecule has 1 unspecified atom stereocenters. The highest BCUT2D eigenvalue weighted by Crippen LogP contribution is 2.29. The Morgan fingerprint density at radius 1 is 1.04 bits per heavy atom. The van der Waals surface area contributed by atoms with Crippen LogP contribution in [0.5, 0.6) is 5.75 Å². The van der Waals surface area contributed by atoms with Gasteiger partial charge in [-0.15, -0.1) is 5.54 Å². The van der Waals surface area contributed by atoms with Crippen molar-refractivity contribution in [3.8, 4) is 17.2 Å². The summed E-state index contributed by atoms with van der Waals surface area (Å²) in [6, 6.07) is 17.2. The lowest BCUT2D eigenvalue weighted by Gasteiger charge is -2.28. The molecule has 0 aliphatic heterocycles. The van der Waals surface area contributed by atoms with Gasteiger partial charge >= 0.3 is 0 Å². The third kappa shape index (κ3) is 5.23. The van der Waals surface area contributed by atoms with E-state index < -0.39 is 8.07 Å². The summed E-state index contributed by atoms with van der Waals surface area (Å²) in [5.74, 6) is 4.09. The van der Waals surface area contributed by atoms with E-state index in [9.17, 15) is 4.79 Å². The van der Waals surface area contributed by atoms with E-state index in [0.29, 0.717) is 0 Å². The van der Waals surface area contributed by atoms with Crippen molar-refractivity contribution in [2.24, 2.45) is 0 Å². The first kappa shape index (κ1) is 18.8. The molecule has 0 N–H and O–H groups in total. The molecule has 0 bridgehead atoms. The van der Waals surface area contributed by atoms with Gasteiger partial charge < -0.3 is 4.74 Å². The molecule has 2 rings (SSSR count). The van der Waals surface area contributed by atoms with Gasteiger partial charge in [-0.25, -0.2) is 0 Å². The number of carbonyl (C=O) groups excluding carboxylic acids is 1. The number of anilines is 1. The van der Waals surface area contributed by atoms with E-state index in [1.54, 1.807) is 18.9 Å². The second-order valence-electron chi connectivity index (χ2n) is 6.92. The van der Waals surface area contributed by atoms with E-state index in [1.165, 1.54) is 0 Å². The van der Waals surface area contributed by atoms with Crippen molar-refractivity contribution in [3.63, 3.8) is 0 Å². The van der Waals surface area contributed by atoms with Gasteiger partial charge in [0.1, 0.15) is 19.9 Å². The molecule has 0 spiro atoms. The lowest BCUT2D eigenvalue weighted by molar-refractivity contribution is -0.116. The molecule has 1 atom stereocenters. The highest BCUT2D eigenvalue weighted by Gasteiger charge is 2.23. The number of hydrogen-bond acceptors (Lipinski definition) is 2. The number of benzene rings is 2. The Morgan fingerprint density at radius 2 is 1.64 bits per heavy atom. The normalized spacial score (nSPS) is 11.9. The lowest BCUT2D eigenvalue weighted by atomic mass is 10.0. The molecule has 0 saturated heterocycles. The number of nitrogens with zero attached hydrogens (tertiary/aromatic N) is 1. The number of methoxy groups -OCH3 is 1. The fourth-order valence-corrected chi connectivity index (χ4v) is 3.04. The molecule has 1 amide bonds. The van der Waals surface area contributed by atoms with Crippen LogP contribution in [0, 0.1) is 11.5 Å². The third-order valence-corrected chi connectivity index (χ3v) is 4.54.